The van der Waals surface area contributed by atoms with Crippen molar-refractivity contribution in [2.75, 3.05) is 50.0 Å². The molecule has 2 aliphatic rings. The first-order valence-electron chi connectivity index (χ1n) is 8.91. The number of hydrogen-bond donors (Lipinski definition) is 3. The predicted molar refractivity (Wildman–Crippen MR) is 97.1 cm³/mol. The summed E-state index contributed by atoms with van der Waals surface area (Å²) in [5.41, 5.74) is 6.59. The number of aliphatic hydroxyl groups excluding tert-OH is 2. The number of nitrogens with zero attached hydrogens (tertiary/aromatic N) is 3. The molecule has 2 unspecified atom stereocenters. The Bertz CT molecular complexity index is 638. The van der Waals surface area contributed by atoms with Gasteiger partial charge in [-0.3, -0.25) is 15.0 Å². The van der Waals surface area contributed by atoms with Gasteiger partial charge in [-0.25, -0.2) is 0 Å². The molecule has 2 aliphatic heterocycles. The van der Waals surface area contributed by atoms with Gasteiger partial charge in [0.15, 0.2) is 0 Å². The third-order valence-electron chi connectivity index (χ3n) is 5.14. The van der Waals surface area contributed by atoms with Crippen molar-refractivity contribution in [3.05, 3.63) is 28.3 Å². The Morgan fingerprint density at radius 2 is 2.15 bits per heavy atom. The zero-order valence-electron chi connectivity index (χ0n) is 14.7. The molecule has 0 aromatic heterocycles. The van der Waals surface area contributed by atoms with Gasteiger partial charge in [-0.2, -0.15) is 0 Å². The van der Waals surface area contributed by atoms with Gasteiger partial charge in [0.2, 0.25) is 0 Å². The van der Waals surface area contributed by atoms with Crippen LogP contribution in [0, 0.1) is 10.1 Å². The number of anilines is 2. The van der Waals surface area contributed by atoms with Crippen molar-refractivity contribution in [2.45, 2.75) is 31.1 Å². The third kappa shape index (κ3) is 4.24. The lowest BCUT2D eigenvalue weighted by molar-refractivity contribution is -0.384. The number of piperidine rings is 1. The minimum Gasteiger partial charge on any atom is -0.399 e. The number of nitro groups is 1. The monoisotopic (exact) mass is 366 g/mol. The van der Waals surface area contributed by atoms with E-state index < -0.39 is 4.92 Å². The lowest BCUT2D eigenvalue weighted by atomic mass is 10.0. The molecule has 9 heteroatoms. The number of nitrogens with two attached hydrogens (primary N) is 1. The van der Waals surface area contributed by atoms with Crippen LogP contribution in [0.4, 0.5) is 17.1 Å². The second kappa shape index (κ2) is 8.17. The minimum atomic E-state index is -0.417. The van der Waals surface area contributed by atoms with E-state index in [2.05, 4.69) is 4.90 Å². The van der Waals surface area contributed by atoms with Crippen LogP contribution in [0.1, 0.15) is 12.8 Å². The van der Waals surface area contributed by atoms with E-state index in [0.29, 0.717) is 50.5 Å². The zero-order valence-corrected chi connectivity index (χ0v) is 14.7. The van der Waals surface area contributed by atoms with Crippen LogP contribution in [0.3, 0.4) is 0 Å². The molecule has 3 rings (SSSR count). The van der Waals surface area contributed by atoms with Crippen LogP contribution >= 0.6 is 0 Å². The van der Waals surface area contributed by atoms with Crippen molar-refractivity contribution in [1.29, 1.82) is 0 Å². The molecular formula is C17H26N4O5. The van der Waals surface area contributed by atoms with Gasteiger partial charge in [0.1, 0.15) is 5.69 Å². The van der Waals surface area contributed by atoms with Crippen LogP contribution in [0.15, 0.2) is 18.2 Å². The van der Waals surface area contributed by atoms with E-state index in [1.54, 1.807) is 12.1 Å². The molecule has 0 aliphatic carbocycles. The first kappa shape index (κ1) is 18.8. The van der Waals surface area contributed by atoms with Gasteiger partial charge < -0.3 is 25.6 Å². The Morgan fingerprint density at radius 1 is 1.38 bits per heavy atom. The smallest absolute Gasteiger partial charge is 0.294 e. The maximum Gasteiger partial charge on any atom is 0.294 e. The molecule has 2 atom stereocenters. The summed E-state index contributed by atoms with van der Waals surface area (Å²) in [6, 6.07) is 4.70. The van der Waals surface area contributed by atoms with Gasteiger partial charge in [-0.15, -0.1) is 0 Å². The minimum absolute atomic E-state index is 0.0149. The highest BCUT2D eigenvalue weighted by atomic mass is 16.6. The average molecular weight is 366 g/mol. The molecule has 0 bridgehead atoms. The molecule has 1 aromatic carbocycles. The lowest BCUT2D eigenvalue weighted by Gasteiger charge is -2.41. The van der Waals surface area contributed by atoms with Crippen LogP contribution in [0.5, 0.6) is 0 Å². The summed E-state index contributed by atoms with van der Waals surface area (Å²) < 4.78 is 5.85. The van der Waals surface area contributed by atoms with Crippen LogP contribution < -0.4 is 10.6 Å². The summed E-state index contributed by atoms with van der Waals surface area (Å²) in [5.74, 6) is 0. The molecule has 144 valence electrons. The SMILES string of the molecule is Nc1ccc(N2CC(OCCN3CCC(O)CC3CO)C2)c([N+](=O)[O-])c1. The maximum absolute atomic E-state index is 11.2. The first-order chi connectivity index (χ1) is 12.5. The fraction of sp³-hybridized carbons (Fsp3) is 0.647. The molecule has 9 nitrogen and oxygen atoms in total. The fourth-order valence-electron chi connectivity index (χ4n) is 3.59. The van der Waals surface area contributed by atoms with Gasteiger partial charge >= 0.3 is 0 Å². The summed E-state index contributed by atoms with van der Waals surface area (Å²) >= 11 is 0. The topological polar surface area (TPSA) is 125 Å². The van der Waals surface area contributed by atoms with Crippen LogP contribution in [0.2, 0.25) is 0 Å². The van der Waals surface area contributed by atoms with Gasteiger partial charge in [0, 0.05) is 44.0 Å². The number of hydrogen-bond acceptors (Lipinski definition) is 8. The molecule has 0 amide bonds. The Morgan fingerprint density at radius 3 is 2.85 bits per heavy atom. The fourth-order valence-corrected chi connectivity index (χ4v) is 3.59. The third-order valence-corrected chi connectivity index (χ3v) is 5.14. The van der Waals surface area contributed by atoms with E-state index in [-0.39, 0.29) is 30.5 Å². The van der Waals surface area contributed by atoms with E-state index in [4.69, 9.17) is 10.5 Å². The molecule has 2 heterocycles. The summed E-state index contributed by atoms with van der Waals surface area (Å²) in [4.78, 5) is 14.8. The highest BCUT2D eigenvalue weighted by molar-refractivity contribution is 5.69. The van der Waals surface area contributed by atoms with E-state index in [1.165, 1.54) is 6.07 Å². The standard InChI is InChI=1S/C17H26N4O5/c18-12-1-2-16(17(7-12)21(24)25)20-9-15(10-20)26-6-5-19-4-3-14(23)8-13(19)11-22/h1-2,7,13-15,22-23H,3-6,8-11,18H2. The van der Waals surface area contributed by atoms with Gasteiger partial charge in [0.05, 0.1) is 30.3 Å². The number of ether oxygens (including phenoxy) is 1. The summed E-state index contributed by atoms with van der Waals surface area (Å²) in [6.45, 7) is 3.24. The normalized spacial score (nSPS) is 24.5. The molecule has 26 heavy (non-hydrogen) atoms. The lowest BCUT2D eigenvalue weighted by Crippen LogP contribution is -2.53. The van der Waals surface area contributed by atoms with E-state index in [9.17, 15) is 20.3 Å². The van der Waals surface area contributed by atoms with Crippen molar-refractivity contribution in [3.8, 4) is 0 Å². The van der Waals surface area contributed by atoms with Crippen molar-refractivity contribution in [2.24, 2.45) is 0 Å². The maximum atomic E-state index is 11.2. The quantitative estimate of drug-likeness (QED) is 0.355. The summed E-state index contributed by atoms with van der Waals surface area (Å²) in [6.07, 6.45) is 1.01. The van der Waals surface area contributed by atoms with Gasteiger partial charge in [0.25, 0.3) is 5.69 Å². The number of rotatable bonds is 7. The molecule has 0 spiro atoms. The average Bonchev–Trinajstić information content (AvgIpc) is 2.58. The molecule has 0 saturated carbocycles. The molecule has 2 saturated heterocycles. The summed E-state index contributed by atoms with van der Waals surface area (Å²) in [5, 5.41) is 30.3. The number of nitro benzene ring substituents is 1. The van der Waals surface area contributed by atoms with Gasteiger partial charge in [-0.05, 0) is 25.0 Å². The van der Waals surface area contributed by atoms with Crippen LogP contribution in [-0.4, -0.2) is 77.7 Å². The Labute approximate surface area is 152 Å². The predicted octanol–water partition coefficient (Wildman–Crippen LogP) is 0.200. The second-order valence-electron chi connectivity index (χ2n) is 6.95. The van der Waals surface area contributed by atoms with E-state index in [0.717, 1.165) is 6.54 Å². The highest BCUT2D eigenvalue weighted by Crippen LogP contribution is 2.33. The number of aliphatic hydroxyl groups is 2. The zero-order chi connectivity index (χ0) is 18.7. The van der Waals surface area contributed by atoms with Crippen molar-refractivity contribution >= 4 is 17.1 Å². The van der Waals surface area contributed by atoms with E-state index >= 15 is 0 Å². The van der Waals surface area contributed by atoms with Crippen molar-refractivity contribution in [1.82, 2.24) is 4.90 Å². The second-order valence-corrected chi connectivity index (χ2v) is 6.95. The van der Waals surface area contributed by atoms with Crippen molar-refractivity contribution in [3.63, 3.8) is 0 Å². The van der Waals surface area contributed by atoms with Gasteiger partial charge in [-0.1, -0.05) is 0 Å². The molecule has 2 fully saturated rings. The molecule has 1 aromatic rings. The Kier molecular flexibility index (Phi) is 5.92. The number of nitrogen functional groups attached to an aromatic ring is 1. The summed E-state index contributed by atoms with van der Waals surface area (Å²) in [7, 11) is 0. The number of likely N-dealkylation sites (tertiary alicyclic amines) is 1. The largest absolute Gasteiger partial charge is 0.399 e. The van der Waals surface area contributed by atoms with Crippen LogP contribution in [0.25, 0.3) is 0 Å². The van der Waals surface area contributed by atoms with E-state index in [1.807, 2.05) is 4.90 Å². The highest BCUT2D eigenvalue weighted by Gasteiger charge is 2.32. The molecule has 4 N–H and O–H groups in total. The van der Waals surface area contributed by atoms with Crippen molar-refractivity contribution < 1.29 is 19.9 Å². The molecule has 0 radical (unpaired) electrons. The number of benzene rings is 1. The Hall–Kier alpha value is -1.94. The molecular weight excluding hydrogens is 340 g/mol. The van der Waals surface area contributed by atoms with Crippen LogP contribution in [-0.2, 0) is 4.74 Å². The first-order valence-corrected chi connectivity index (χ1v) is 8.91. The Balaban J connectivity index is 1.44.